The molecule has 3 rings (SSSR count). The number of aromatic amines is 1. The number of H-pyrrole nitrogens is 1. The third kappa shape index (κ3) is 3.29. The largest absolute Gasteiger partial charge is 0.352 e. The summed E-state index contributed by atoms with van der Waals surface area (Å²) in [5.74, 6) is 0. The molecule has 0 saturated heterocycles. The standard InChI is InChI=1S/C20H21NO2S/c1-15-8-12-19(13-9-15)24(22,23)20-16(2)18(14-21-20)11-10-17-6-4-3-5-7-17/h3-9,12-14,21H,10-11H2,1-2H3. The summed E-state index contributed by atoms with van der Waals surface area (Å²) in [6.45, 7) is 3.82. The lowest BCUT2D eigenvalue weighted by Crippen LogP contribution is -2.04. The molecule has 0 unspecified atom stereocenters. The molecule has 0 fully saturated rings. The molecule has 0 aliphatic heterocycles. The molecule has 0 spiro atoms. The summed E-state index contributed by atoms with van der Waals surface area (Å²) in [4.78, 5) is 3.30. The van der Waals surface area contributed by atoms with Gasteiger partial charge in [0.2, 0.25) is 9.84 Å². The Labute approximate surface area is 143 Å². The van der Waals surface area contributed by atoms with Crippen LogP contribution in [0.3, 0.4) is 0 Å². The Bertz CT molecular complexity index is 924. The first-order valence-electron chi connectivity index (χ1n) is 8.01. The summed E-state index contributed by atoms with van der Waals surface area (Å²) in [5, 5.41) is 0.300. The van der Waals surface area contributed by atoms with Crippen molar-refractivity contribution in [2.45, 2.75) is 36.6 Å². The molecule has 4 heteroatoms. The topological polar surface area (TPSA) is 49.9 Å². The lowest BCUT2D eigenvalue weighted by Gasteiger charge is -2.06. The monoisotopic (exact) mass is 339 g/mol. The van der Waals surface area contributed by atoms with Crippen LogP contribution in [0.4, 0.5) is 0 Å². The Morgan fingerprint density at radius 2 is 1.54 bits per heavy atom. The van der Waals surface area contributed by atoms with E-state index in [0.29, 0.717) is 9.92 Å². The summed E-state index contributed by atoms with van der Waals surface area (Å²) in [5.41, 5.74) is 4.15. The predicted octanol–water partition coefficient (Wildman–Crippen LogP) is 4.25. The van der Waals surface area contributed by atoms with Gasteiger partial charge in [0.15, 0.2) is 0 Å². The van der Waals surface area contributed by atoms with Gasteiger partial charge in [-0.1, -0.05) is 48.0 Å². The van der Waals surface area contributed by atoms with Crippen LogP contribution in [0.25, 0.3) is 0 Å². The summed E-state index contributed by atoms with van der Waals surface area (Å²) >= 11 is 0. The van der Waals surface area contributed by atoms with E-state index in [-0.39, 0.29) is 0 Å². The van der Waals surface area contributed by atoms with Crippen molar-refractivity contribution in [1.29, 1.82) is 0 Å². The van der Waals surface area contributed by atoms with Crippen molar-refractivity contribution in [2.75, 3.05) is 0 Å². The number of hydrogen-bond acceptors (Lipinski definition) is 2. The van der Waals surface area contributed by atoms with Gasteiger partial charge in [-0.15, -0.1) is 0 Å². The summed E-state index contributed by atoms with van der Waals surface area (Å²) in [6.07, 6.45) is 3.53. The zero-order valence-corrected chi connectivity index (χ0v) is 14.7. The maximum absolute atomic E-state index is 12.8. The maximum atomic E-state index is 12.8. The van der Waals surface area contributed by atoms with Crippen molar-refractivity contribution in [1.82, 2.24) is 4.98 Å². The molecule has 0 amide bonds. The molecule has 124 valence electrons. The van der Waals surface area contributed by atoms with Crippen LogP contribution in [0.2, 0.25) is 0 Å². The Balaban J connectivity index is 1.85. The van der Waals surface area contributed by atoms with E-state index in [1.54, 1.807) is 12.1 Å². The molecule has 3 nitrogen and oxygen atoms in total. The van der Waals surface area contributed by atoms with Crippen molar-refractivity contribution in [3.63, 3.8) is 0 Å². The number of rotatable bonds is 5. The fraction of sp³-hybridized carbons (Fsp3) is 0.200. The van der Waals surface area contributed by atoms with E-state index in [1.165, 1.54) is 5.56 Å². The second kappa shape index (κ2) is 6.65. The van der Waals surface area contributed by atoms with Crippen LogP contribution in [0.1, 0.15) is 22.3 Å². The SMILES string of the molecule is Cc1ccc(S(=O)(=O)c2[nH]cc(CCc3ccccc3)c2C)cc1. The van der Waals surface area contributed by atoms with Crippen molar-refractivity contribution in [2.24, 2.45) is 0 Å². The Morgan fingerprint density at radius 1 is 0.875 bits per heavy atom. The summed E-state index contributed by atoms with van der Waals surface area (Å²) in [7, 11) is -3.50. The molecular weight excluding hydrogens is 318 g/mol. The van der Waals surface area contributed by atoms with Crippen LogP contribution < -0.4 is 0 Å². The first kappa shape index (κ1) is 16.5. The van der Waals surface area contributed by atoms with Crippen LogP contribution >= 0.6 is 0 Å². The molecule has 1 heterocycles. The molecule has 0 saturated carbocycles. The summed E-state index contributed by atoms with van der Waals surface area (Å²) in [6, 6.07) is 17.2. The van der Waals surface area contributed by atoms with Crippen molar-refractivity contribution >= 4 is 9.84 Å². The van der Waals surface area contributed by atoms with E-state index in [2.05, 4.69) is 17.1 Å². The molecule has 0 atom stereocenters. The number of sulfone groups is 1. The van der Waals surface area contributed by atoms with Gasteiger partial charge < -0.3 is 4.98 Å². The van der Waals surface area contributed by atoms with Crippen LogP contribution in [0.5, 0.6) is 0 Å². The number of aryl methyl sites for hydroxylation is 3. The molecule has 0 radical (unpaired) electrons. The molecule has 0 aliphatic rings. The van der Waals surface area contributed by atoms with Gasteiger partial charge in [0, 0.05) is 6.20 Å². The van der Waals surface area contributed by atoms with Gasteiger partial charge in [-0.3, -0.25) is 0 Å². The third-order valence-electron chi connectivity index (χ3n) is 4.33. The predicted molar refractivity (Wildman–Crippen MR) is 96.0 cm³/mol. The molecule has 24 heavy (non-hydrogen) atoms. The van der Waals surface area contributed by atoms with Gasteiger partial charge in [0.25, 0.3) is 0 Å². The Hall–Kier alpha value is -2.33. The van der Waals surface area contributed by atoms with E-state index < -0.39 is 9.84 Å². The van der Waals surface area contributed by atoms with Crippen LogP contribution in [-0.4, -0.2) is 13.4 Å². The minimum absolute atomic E-state index is 0.300. The minimum atomic E-state index is -3.50. The maximum Gasteiger partial charge on any atom is 0.222 e. The van der Waals surface area contributed by atoms with Gasteiger partial charge >= 0.3 is 0 Å². The molecule has 0 aliphatic carbocycles. The zero-order valence-electron chi connectivity index (χ0n) is 13.9. The number of nitrogens with one attached hydrogen (secondary N) is 1. The first-order valence-corrected chi connectivity index (χ1v) is 9.49. The third-order valence-corrected chi connectivity index (χ3v) is 6.18. The van der Waals surface area contributed by atoms with Gasteiger partial charge in [0.05, 0.1) is 4.90 Å². The highest BCUT2D eigenvalue weighted by atomic mass is 32.2. The van der Waals surface area contributed by atoms with Crippen LogP contribution in [0, 0.1) is 13.8 Å². The number of aromatic nitrogens is 1. The van der Waals surface area contributed by atoms with Crippen molar-refractivity contribution < 1.29 is 8.42 Å². The van der Waals surface area contributed by atoms with Crippen molar-refractivity contribution in [3.8, 4) is 0 Å². The number of benzene rings is 2. The molecular formula is C20H21NO2S. The van der Waals surface area contributed by atoms with E-state index in [9.17, 15) is 8.42 Å². The lowest BCUT2D eigenvalue weighted by atomic mass is 10.0. The normalized spacial score (nSPS) is 11.6. The number of hydrogen-bond donors (Lipinski definition) is 1. The van der Waals surface area contributed by atoms with Gasteiger partial charge in [0.1, 0.15) is 5.03 Å². The lowest BCUT2D eigenvalue weighted by molar-refractivity contribution is 0.592. The van der Waals surface area contributed by atoms with Crippen LogP contribution in [-0.2, 0) is 22.7 Å². The zero-order chi connectivity index (χ0) is 17.2. The van der Waals surface area contributed by atoms with Gasteiger partial charge in [-0.25, -0.2) is 8.42 Å². The summed E-state index contributed by atoms with van der Waals surface area (Å²) < 4.78 is 25.6. The van der Waals surface area contributed by atoms with Crippen LogP contribution in [0.15, 0.2) is 70.7 Å². The van der Waals surface area contributed by atoms with E-state index in [0.717, 1.165) is 29.5 Å². The van der Waals surface area contributed by atoms with E-state index >= 15 is 0 Å². The fourth-order valence-corrected chi connectivity index (χ4v) is 4.29. The highest BCUT2D eigenvalue weighted by Gasteiger charge is 2.22. The smallest absolute Gasteiger partial charge is 0.222 e. The average molecular weight is 339 g/mol. The first-order chi connectivity index (χ1) is 11.5. The Kier molecular flexibility index (Phi) is 4.58. The molecule has 1 aromatic heterocycles. The van der Waals surface area contributed by atoms with Gasteiger partial charge in [-0.2, -0.15) is 0 Å². The van der Waals surface area contributed by atoms with E-state index in [1.807, 2.05) is 50.4 Å². The molecule has 1 N–H and O–H groups in total. The molecule has 2 aromatic carbocycles. The van der Waals surface area contributed by atoms with Crippen molar-refractivity contribution in [3.05, 3.63) is 83.0 Å². The second-order valence-electron chi connectivity index (χ2n) is 6.07. The molecule has 0 bridgehead atoms. The van der Waals surface area contributed by atoms with E-state index in [4.69, 9.17) is 0 Å². The minimum Gasteiger partial charge on any atom is -0.352 e. The highest BCUT2D eigenvalue weighted by Crippen LogP contribution is 2.26. The average Bonchev–Trinajstić information content (AvgIpc) is 2.96. The Morgan fingerprint density at radius 3 is 2.21 bits per heavy atom. The van der Waals surface area contributed by atoms with Gasteiger partial charge in [-0.05, 0) is 55.5 Å². The highest BCUT2D eigenvalue weighted by molar-refractivity contribution is 7.91. The second-order valence-corrected chi connectivity index (χ2v) is 7.96. The molecule has 3 aromatic rings. The quantitative estimate of drug-likeness (QED) is 0.755. The fourth-order valence-electron chi connectivity index (χ4n) is 2.81.